The van der Waals surface area contributed by atoms with Gasteiger partial charge in [0, 0.05) is 18.9 Å². The van der Waals surface area contributed by atoms with Crippen molar-refractivity contribution in [2.24, 2.45) is 0 Å². The van der Waals surface area contributed by atoms with Gasteiger partial charge in [0.1, 0.15) is 0 Å². The lowest BCUT2D eigenvalue weighted by atomic mass is 10.1. The molecule has 0 bridgehead atoms. The number of aromatic nitrogens is 4. The first-order valence-electron chi connectivity index (χ1n) is 5.98. The highest BCUT2D eigenvalue weighted by atomic mass is 35.5. The second-order valence-corrected chi connectivity index (χ2v) is 4.22. The minimum Gasteiger partial charge on any atom is -0.304 e. The molecule has 6 heteroatoms. The number of hydrogen-bond acceptors (Lipinski definition) is 4. The fourth-order valence-corrected chi connectivity index (χ4v) is 2.17. The third kappa shape index (κ3) is 2.52. The van der Waals surface area contributed by atoms with Crippen LogP contribution in [0.25, 0.3) is 0 Å². The molecule has 5 nitrogen and oxygen atoms in total. The molecule has 18 heavy (non-hydrogen) atoms. The number of halogens is 1. The monoisotopic (exact) mass is 265 g/mol. The van der Waals surface area contributed by atoms with Crippen molar-refractivity contribution >= 4 is 11.6 Å². The van der Waals surface area contributed by atoms with E-state index in [1.54, 1.807) is 24.8 Å². The normalized spacial score (nSPS) is 12.6. The van der Waals surface area contributed by atoms with Crippen LogP contribution in [0.1, 0.15) is 31.3 Å². The van der Waals surface area contributed by atoms with Gasteiger partial charge in [0.15, 0.2) is 0 Å². The summed E-state index contributed by atoms with van der Waals surface area (Å²) in [6.07, 6.45) is 6.75. The molecule has 2 heterocycles. The number of nitrogens with zero attached hydrogens (tertiary/aromatic N) is 4. The van der Waals surface area contributed by atoms with E-state index in [9.17, 15) is 0 Å². The van der Waals surface area contributed by atoms with E-state index in [4.69, 9.17) is 11.6 Å². The van der Waals surface area contributed by atoms with Crippen molar-refractivity contribution in [3.05, 3.63) is 41.2 Å². The van der Waals surface area contributed by atoms with E-state index in [1.165, 1.54) is 0 Å². The Morgan fingerprint density at radius 3 is 2.78 bits per heavy atom. The van der Waals surface area contributed by atoms with Crippen molar-refractivity contribution in [1.82, 2.24) is 25.1 Å². The van der Waals surface area contributed by atoms with Crippen LogP contribution in [0.5, 0.6) is 0 Å². The second-order valence-electron chi connectivity index (χ2n) is 3.81. The molecule has 0 saturated heterocycles. The highest BCUT2D eigenvalue weighted by Gasteiger charge is 2.22. The van der Waals surface area contributed by atoms with Gasteiger partial charge in [-0.05, 0) is 13.5 Å². The lowest BCUT2D eigenvalue weighted by Gasteiger charge is -2.18. The molecular formula is C12H16ClN5. The molecule has 96 valence electrons. The first-order valence-corrected chi connectivity index (χ1v) is 6.36. The van der Waals surface area contributed by atoms with Gasteiger partial charge >= 0.3 is 0 Å². The van der Waals surface area contributed by atoms with Gasteiger partial charge in [0.05, 0.1) is 34.8 Å². The molecule has 0 spiro atoms. The standard InChI is InChI=1S/C12H16ClN5/c1-3-15-11(10-8-14-5-6-16-10)12-9(13)7-17-18(12)4-2/h5-8,11,15H,3-4H2,1-2H3. The van der Waals surface area contributed by atoms with Crippen LogP contribution in [0.15, 0.2) is 24.8 Å². The molecule has 0 aliphatic heterocycles. The molecular weight excluding hydrogens is 250 g/mol. The van der Waals surface area contributed by atoms with E-state index in [0.717, 1.165) is 24.5 Å². The number of aryl methyl sites for hydroxylation is 1. The Morgan fingerprint density at radius 1 is 1.33 bits per heavy atom. The van der Waals surface area contributed by atoms with Crippen LogP contribution in [0.2, 0.25) is 5.02 Å². The van der Waals surface area contributed by atoms with Gasteiger partial charge in [0.25, 0.3) is 0 Å². The number of nitrogens with one attached hydrogen (secondary N) is 1. The number of hydrogen-bond donors (Lipinski definition) is 1. The highest BCUT2D eigenvalue weighted by molar-refractivity contribution is 6.31. The summed E-state index contributed by atoms with van der Waals surface area (Å²) in [4.78, 5) is 8.45. The average Bonchev–Trinajstić information content (AvgIpc) is 2.78. The Bertz CT molecular complexity index is 496. The predicted octanol–water partition coefficient (Wildman–Crippen LogP) is 2.05. The molecule has 0 amide bonds. The molecule has 0 aliphatic rings. The van der Waals surface area contributed by atoms with Crippen LogP contribution in [0.3, 0.4) is 0 Å². The molecule has 0 aliphatic carbocycles. The lowest BCUT2D eigenvalue weighted by Crippen LogP contribution is -2.26. The summed E-state index contributed by atoms with van der Waals surface area (Å²) in [5.74, 6) is 0. The summed E-state index contributed by atoms with van der Waals surface area (Å²) in [5.41, 5.74) is 1.78. The van der Waals surface area contributed by atoms with Gasteiger partial charge in [-0.15, -0.1) is 0 Å². The van der Waals surface area contributed by atoms with Gasteiger partial charge in [0.2, 0.25) is 0 Å². The predicted molar refractivity (Wildman–Crippen MR) is 70.5 cm³/mol. The molecule has 0 saturated carbocycles. The van der Waals surface area contributed by atoms with Crippen LogP contribution < -0.4 is 5.32 Å². The molecule has 1 atom stereocenters. The fourth-order valence-electron chi connectivity index (χ4n) is 1.92. The van der Waals surface area contributed by atoms with E-state index in [2.05, 4.69) is 20.4 Å². The molecule has 2 aromatic rings. The van der Waals surface area contributed by atoms with E-state index >= 15 is 0 Å². The van der Waals surface area contributed by atoms with Crippen LogP contribution in [0.4, 0.5) is 0 Å². The number of rotatable bonds is 5. The summed E-state index contributed by atoms with van der Waals surface area (Å²) < 4.78 is 1.88. The molecule has 1 N–H and O–H groups in total. The zero-order valence-electron chi connectivity index (χ0n) is 10.5. The topological polar surface area (TPSA) is 55.6 Å². The highest BCUT2D eigenvalue weighted by Crippen LogP contribution is 2.26. The van der Waals surface area contributed by atoms with Crippen molar-refractivity contribution in [2.45, 2.75) is 26.4 Å². The molecule has 0 aromatic carbocycles. The average molecular weight is 266 g/mol. The Kier molecular flexibility index (Phi) is 4.28. The van der Waals surface area contributed by atoms with E-state index in [0.29, 0.717) is 5.02 Å². The van der Waals surface area contributed by atoms with Crippen molar-refractivity contribution in [2.75, 3.05) is 6.54 Å². The summed E-state index contributed by atoms with van der Waals surface area (Å²) >= 11 is 6.23. The Hall–Kier alpha value is -1.46. The van der Waals surface area contributed by atoms with Gasteiger partial charge in [-0.1, -0.05) is 18.5 Å². The lowest BCUT2D eigenvalue weighted by molar-refractivity contribution is 0.533. The molecule has 2 aromatic heterocycles. The Labute approximate surface area is 111 Å². The third-order valence-corrected chi connectivity index (χ3v) is 2.98. The zero-order valence-corrected chi connectivity index (χ0v) is 11.2. The minimum atomic E-state index is -0.0846. The molecule has 0 fully saturated rings. The SMILES string of the molecule is CCNC(c1cnccn1)c1c(Cl)cnn1CC. The van der Waals surface area contributed by atoms with Crippen molar-refractivity contribution in [3.8, 4) is 0 Å². The zero-order chi connectivity index (χ0) is 13.0. The maximum absolute atomic E-state index is 6.23. The summed E-state index contributed by atoms with van der Waals surface area (Å²) in [7, 11) is 0. The smallest absolute Gasteiger partial charge is 0.0952 e. The van der Waals surface area contributed by atoms with Crippen molar-refractivity contribution in [1.29, 1.82) is 0 Å². The second kappa shape index (κ2) is 5.93. The van der Waals surface area contributed by atoms with Crippen LogP contribution in [0, 0.1) is 0 Å². The first kappa shape index (κ1) is 13.0. The summed E-state index contributed by atoms with van der Waals surface area (Å²) in [5, 5.41) is 8.28. The van der Waals surface area contributed by atoms with E-state index in [1.807, 2.05) is 18.5 Å². The fraction of sp³-hybridized carbons (Fsp3) is 0.417. The summed E-state index contributed by atoms with van der Waals surface area (Å²) in [6, 6.07) is -0.0846. The van der Waals surface area contributed by atoms with E-state index < -0.39 is 0 Å². The largest absolute Gasteiger partial charge is 0.304 e. The molecule has 2 rings (SSSR count). The first-order chi connectivity index (χ1) is 8.77. The quantitative estimate of drug-likeness (QED) is 0.899. The maximum atomic E-state index is 6.23. The van der Waals surface area contributed by atoms with E-state index in [-0.39, 0.29) is 6.04 Å². The molecule has 0 radical (unpaired) electrons. The van der Waals surface area contributed by atoms with Crippen LogP contribution >= 0.6 is 11.6 Å². The maximum Gasteiger partial charge on any atom is 0.0952 e. The van der Waals surface area contributed by atoms with Gasteiger partial charge in [-0.2, -0.15) is 5.10 Å². The molecule has 1 unspecified atom stereocenters. The van der Waals surface area contributed by atoms with Gasteiger partial charge < -0.3 is 5.32 Å². The third-order valence-electron chi connectivity index (χ3n) is 2.69. The van der Waals surface area contributed by atoms with Gasteiger partial charge in [-0.3, -0.25) is 14.6 Å². The van der Waals surface area contributed by atoms with Gasteiger partial charge in [-0.25, -0.2) is 0 Å². The van der Waals surface area contributed by atoms with Crippen LogP contribution in [-0.4, -0.2) is 26.3 Å². The van der Waals surface area contributed by atoms with Crippen LogP contribution in [-0.2, 0) is 6.54 Å². The van der Waals surface area contributed by atoms with Crippen molar-refractivity contribution < 1.29 is 0 Å². The summed E-state index contributed by atoms with van der Waals surface area (Å²) in [6.45, 7) is 5.66. The van der Waals surface area contributed by atoms with Crippen molar-refractivity contribution in [3.63, 3.8) is 0 Å². The minimum absolute atomic E-state index is 0.0846. The Balaban J connectivity index is 2.44. The Morgan fingerprint density at radius 2 is 2.17 bits per heavy atom.